The number of rotatable bonds is 6. The molecule has 5 aromatic heterocycles. The maximum atomic E-state index is 6.34. The fourth-order valence-electron chi connectivity index (χ4n) is 22.5. The molecule has 5 heterocycles. The highest BCUT2D eigenvalue weighted by Gasteiger charge is 2.41. The molecule has 5 heteroatoms. The molecule has 4 aliphatic carbocycles. The molecule has 0 unspecified atom stereocenters. The molecule has 594 valence electrons. The van der Waals surface area contributed by atoms with Crippen molar-refractivity contribution in [1.82, 2.24) is 13.7 Å². The van der Waals surface area contributed by atoms with Crippen molar-refractivity contribution in [3.05, 3.63) is 427 Å². The van der Waals surface area contributed by atoms with Crippen LogP contribution >= 0.6 is 11.3 Å². The lowest BCUT2D eigenvalue weighted by atomic mass is 9.81. The van der Waals surface area contributed by atoms with E-state index < -0.39 is 0 Å². The van der Waals surface area contributed by atoms with E-state index in [0.29, 0.717) is 0 Å². The second-order valence-corrected chi connectivity index (χ2v) is 38.1. The minimum atomic E-state index is -0.0451. The third kappa shape index (κ3) is 10.8. The van der Waals surface area contributed by atoms with Crippen LogP contribution in [0.2, 0.25) is 0 Å². The topological polar surface area (TPSA) is 27.9 Å². The zero-order chi connectivity index (χ0) is 83.7. The number of furan rings is 1. The summed E-state index contributed by atoms with van der Waals surface area (Å²) in [6.45, 7) is 18.8. The van der Waals surface area contributed by atoms with Crippen LogP contribution in [0.15, 0.2) is 387 Å². The molecule has 27 rings (SSSR count). The second-order valence-electron chi connectivity index (χ2n) is 37.0. The summed E-state index contributed by atoms with van der Waals surface area (Å²) in [6.07, 6.45) is 0. The van der Waals surface area contributed by atoms with Crippen molar-refractivity contribution < 1.29 is 4.42 Å². The average Bonchev–Trinajstić information content (AvgIpc) is 1.57. The molecular weight excluding hydrogens is 1530 g/mol. The van der Waals surface area contributed by atoms with Crippen LogP contribution in [0.3, 0.4) is 0 Å². The second kappa shape index (κ2) is 26.9. The first-order chi connectivity index (χ1) is 61.0. The summed E-state index contributed by atoms with van der Waals surface area (Å²) in [5.74, 6) is 0. The molecule has 0 bridgehead atoms. The molecule has 0 N–H and O–H groups in total. The highest BCUT2D eigenvalue weighted by Crippen LogP contribution is 2.56. The van der Waals surface area contributed by atoms with Crippen LogP contribution in [-0.2, 0) is 21.7 Å². The molecule has 4 nitrogen and oxygen atoms in total. The maximum absolute atomic E-state index is 6.34. The normalized spacial score (nSPS) is 14.3. The molecule has 0 saturated heterocycles. The molecule has 23 aromatic rings. The Morgan fingerprint density at radius 2 is 0.512 bits per heavy atom. The molecule has 0 fully saturated rings. The summed E-state index contributed by atoms with van der Waals surface area (Å²) < 4.78 is 16.4. The van der Waals surface area contributed by atoms with E-state index in [0.717, 1.165) is 38.8 Å². The van der Waals surface area contributed by atoms with E-state index in [-0.39, 0.29) is 21.7 Å². The standard InChI is InChI=1S/C42H33N.C39H27NO.C39H27NS/c1-41(2)35-14-8-5-11-29(35)31-22-19-27(23-37(31)41)26-17-20-28(21-18-26)43-39-16-10-7-13-32(39)34-24-33-30-12-6-9-15-36(30)42(3,4)38(33)25-40(34)43;1-39(2)33-15-6-3-10-27(33)31-22-32-28-11-4-7-16-35(28)40(36(32)23-34(31)39)25-20-18-24(19-21-25)26-13-9-14-30-29-12-5-8-17-37(29)41-38(26)30;1-39(2)33-12-6-3-9-27(33)30-22-31-28-10-4-7-13-35(28)40(36(31)23-34(30)39)26-18-15-24(16-19-26)25-17-20-38-32(21-25)29-11-5-8-14-37(29)41-38/h5-25H,1-4H3;2*3-23H,1-2H3. The SMILES string of the molecule is CC1(C)c2ccccc2-c2cc3c4ccccc4n(-c4ccc(-c5ccc6sc7ccccc7c6c5)cc4)c3cc21.CC1(C)c2ccccc2-c2cc3c4ccccc4n(-c4ccc(-c5cccc6c5oc5ccccc56)cc4)c3cc21.CC1(C)c2ccccc2-c2ccc(-c3ccc(-n4c5ccccc5c5cc6c(cc54)C(C)(C)c4ccccc4-6)cc3)cc21. The number of hydrogen-bond acceptors (Lipinski definition) is 2. The number of hydrogen-bond donors (Lipinski definition) is 0. The average molecular weight is 1620 g/mol. The Morgan fingerprint density at radius 1 is 0.192 bits per heavy atom. The predicted molar refractivity (Wildman–Crippen MR) is 529 cm³/mol. The zero-order valence-corrected chi connectivity index (χ0v) is 71.8. The largest absolute Gasteiger partial charge is 0.455 e. The molecule has 4 aliphatic rings. The fraction of sp³-hybridized carbons (Fsp3) is 0.100. The minimum absolute atomic E-state index is 0.00144. The van der Waals surface area contributed by atoms with Gasteiger partial charge in [0.2, 0.25) is 0 Å². The maximum Gasteiger partial charge on any atom is 0.143 e. The Morgan fingerprint density at radius 3 is 0.968 bits per heavy atom. The molecule has 0 radical (unpaired) electrons. The van der Waals surface area contributed by atoms with Crippen molar-refractivity contribution in [2.45, 2.75) is 77.0 Å². The summed E-state index contributed by atoms with van der Waals surface area (Å²) in [7, 11) is 0. The lowest BCUT2D eigenvalue weighted by Gasteiger charge is -2.22. The van der Waals surface area contributed by atoms with Crippen LogP contribution in [0, 0.1) is 0 Å². The highest BCUT2D eigenvalue weighted by atomic mass is 32.1. The van der Waals surface area contributed by atoms with Gasteiger partial charge in [-0.2, -0.15) is 0 Å². The predicted octanol–water partition coefficient (Wildman–Crippen LogP) is 32.8. The van der Waals surface area contributed by atoms with Gasteiger partial charge in [0.15, 0.2) is 0 Å². The number of benzene rings is 18. The van der Waals surface area contributed by atoms with Crippen molar-refractivity contribution in [1.29, 1.82) is 0 Å². The quantitative estimate of drug-likeness (QED) is 0.163. The number of nitrogens with zero attached hydrogens (tertiary/aromatic N) is 3. The van der Waals surface area contributed by atoms with Crippen LogP contribution in [0.1, 0.15) is 99.9 Å². The molecule has 0 spiro atoms. The summed E-state index contributed by atoms with van der Waals surface area (Å²) in [5, 5.41) is 12.8. The van der Waals surface area contributed by atoms with Crippen LogP contribution < -0.4 is 0 Å². The van der Waals surface area contributed by atoms with E-state index >= 15 is 0 Å². The first kappa shape index (κ1) is 73.1. The van der Waals surface area contributed by atoms with Crippen molar-refractivity contribution in [3.63, 3.8) is 0 Å². The van der Waals surface area contributed by atoms with Crippen molar-refractivity contribution >= 4 is 119 Å². The summed E-state index contributed by atoms with van der Waals surface area (Å²) >= 11 is 1.87. The summed E-state index contributed by atoms with van der Waals surface area (Å²) in [4.78, 5) is 0. The lowest BCUT2D eigenvalue weighted by molar-refractivity contribution is 0.660. The van der Waals surface area contributed by atoms with Crippen molar-refractivity contribution in [2.75, 3.05) is 0 Å². The third-order valence-electron chi connectivity index (χ3n) is 28.8. The molecule has 0 saturated carbocycles. The molecule has 0 atom stereocenters. The van der Waals surface area contributed by atoms with Crippen LogP contribution in [0.5, 0.6) is 0 Å². The number of aromatic nitrogens is 3. The van der Waals surface area contributed by atoms with Gasteiger partial charge in [-0.05, 0) is 238 Å². The first-order valence-corrected chi connectivity index (χ1v) is 44.7. The van der Waals surface area contributed by atoms with E-state index in [9.17, 15) is 0 Å². The van der Waals surface area contributed by atoms with Gasteiger partial charge in [0.05, 0.1) is 33.1 Å². The fourth-order valence-corrected chi connectivity index (χ4v) is 23.6. The lowest BCUT2D eigenvalue weighted by Crippen LogP contribution is -2.15. The summed E-state index contributed by atoms with van der Waals surface area (Å²) in [6, 6.07) is 141. The number of fused-ring (bicyclic) bond motifs is 27. The zero-order valence-electron chi connectivity index (χ0n) is 71.0. The highest BCUT2D eigenvalue weighted by molar-refractivity contribution is 7.25. The van der Waals surface area contributed by atoms with E-state index in [4.69, 9.17) is 4.42 Å². The van der Waals surface area contributed by atoms with Gasteiger partial charge < -0.3 is 18.1 Å². The van der Waals surface area contributed by atoms with Gasteiger partial charge in [0.25, 0.3) is 0 Å². The molecule has 18 aromatic carbocycles. The van der Waals surface area contributed by atoms with Gasteiger partial charge in [-0.15, -0.1) is 11.3 Å². The molecule has 0 amide bonds. The molecule has 125 heavy (non-hydrogen) atoms. The van der Waals surface area contributed by atoms with Gasteiger partial charge in [0.1, 0.15) is 11.2 Å². The monoisotopic (exact) mass is 1620 g/mol. The number of para-hydroxylation sites is 5. The Balaban J connectivity index is 0.000000103. The van der Waals surface area contributed by atoms with E-state index in [2.05, 4.69) is 439 Å². The molecular formula is C120H87N3OS. The molecule has 0 aliphatic heterocycles. The van der Waals surface area contributed by atoms with Crippen LogP contribution in [-0.4, -0.2) is 13.7 Å². The Labute approximate surface area is 730 Å². The van der Waals surface area contributed by atoms with E-state index in [1.54, 1.807) is 0 Å². The van der Waals surface area contributed by atoms with E-state index in [1.807, 2.05) is 23.5 Å². The Kier molecular flexibility index (Phi) is 15.8. The third-order valence-corrected chi connectivity index (χ3v) is 30.0. The van der Waals surface area contributed by atoms with Gasteiger partial charge in [-0.25, -0.2) is 0 Å². The van der Waals surface area contributed by atoms with E-state index in [1.165, 1.54) is 208 Å². The van der Waals surface area contributed by atoms with Crippen molar-refractivity contribution in [2.24, 2.45) is 0 Å². The first-order valence-electron chi connectivity index (χ1n) is 43.9. The van der Waals surface area contributed by atoms with Gasteiger partial charge in [-0.1, -0.05) is 316 Å². The van der Waals surface area contributed by atoms with Crippen molar-refractivity contribution in [3.8, 4) is 95.0 Å². The summed E-state index contributed by atoms with van der Waals surface area (Å²) in [5.41, 5.74) is 42.3. The van der Waals surface area contributed by atoms with Crippen LogP contribution in [0.25, 0.3) is 202 Å². The van der Waals surface area contributed by atoms with Gasteiger partial charge in [0, 0.05) is 108 Å². The Hall–Kier alpha value is -14.6. The van der Waals surface area contributed by atoms with Gasteiger partial charge in [-0.3, -0.25) is 0 Å². The smallest absolute Gasteiger partial charge is 0.143 e. The minimum Gasteiger partial charge on any atom is -0.455 e. The Bertz CT molecular complexity index is 8500. The number of thiophene rings is 1. The van der Waals surface area contributed by atoms with Gasteiger partial charge >= 0.3 is 0 Å². The van der Waals surface area contributed by atoms with Crippen LogP contribution in [0.4, 0.5) is 0 Å².